The monoisotopic (exact) mass is 246 g/mol. The van der Waals surface area contributed by atoms with Crippen LogP contribution in [0.2, 0.25) is 0 Å². The van der Waals surface area contributed by atoms with Crippen LogP contribution in [0.1, 0.15) is 53.7 Å². The van der Waals surface area contributed by atoms with Crippen LogP contribution < -0.4 is 10.9 Å². The molecule has 1 saturated carbocycles. The first-order chi connectivity index (χ1) is 8.74. The Hall–Kier alpha value is -1.58. The first-order valence-corrected chi connectivity index (χ1v) is 6.80. The van der Waals surface area contributed by atoms with Crippen LogP contribution in [0, 0.1) is 0 Å². The van der Waals surface area contributed by atoms with E-state index >= 15 is 0 Å². The summed E-state index contributed by atoms with van der Waals surface area (Å²) < 4.78 is 0. The van der Waals surface area contributed by atoms with Crippen LogP contribution in [0.3, 0.4) is 0 Å². The van der Waals surface area contributed by atoms with Gasteiger partial charge in [-0.05, 0) is 43.7 Å². The fraction of sp³-hybridized carbons (Fsp3) is 0.571. The van der Waals surface area contributed by atoms with Crippen LogP contribution >= 0.6 is 0 Å². The van der Waals surface area contributed by atoms with Gasteiger partial charge in [0.05, 0.1) is 0 Å². The Balaban J connectivity index is 1.83. The number of nitrogens with one attached hydrogen (secondary N) is 2. The third-order valence-electron chi connectivity index (χ3n) is 4.02. The molecule has 0 bridgehead atoms. The van der Waals surface area contributed by atoms with E-state index in [1.165, 1.54) is 12.8 Å². The standard InChI is InChI=1S/C14H18N2O2/c17-13(15-10-5-1-2-6-10)11-8-9-4-3-7-12(9)16-14(11)18/h8,10H,1-7H2,(H,15,17)(H,16,18). The van der Waals surface area contributed by atoms with Crippen molar-refractivity contribution in [3.05, 3.63) is 33.2 Å². The zero-order valence-electron chi connectivity index (χ0n) is 10.4. The van der Waals surface area contributed by atoms with Crippen molar-refractivity contribution in [3.63, 3.8) is 0 Å². The van der Waals surface area contributed by atoms with E-state index in [1.54, 1.807) is 6.07 Å². The summed E-state index contributed by atoms with van der Waals surface area (Å²) in [5.74, 6) is -0.210. The average Bonchev–Trinajstić information content (AvgIpc) is 2.98. The quantitative estimate of drug-likeness (QED) is 0.831. The fourth-order valence-corrected chi connectivity index (χ4v) is 3.02. The van der Waals surface area contributed by atoms with E-state index in [9.17, 15) is 9.59 Å². The minimum atomic E-state index is -0.244. The number of aryl methyl sites for hydroxylation is 2. The molecule has 0 aromatic carbocycles. The molecule has 0 saturated heterocycles. The first kappa shape index (κ1) is 11.5. The van der Waals surface area contributed by atoms with Crippen molar-refractivity contribution < 1.29 is 4.79 Å². The highest BCUT2D eigenvalue weighted by Gasteiger charge is 2.21. The Bertz CT molecular complexity index is 527. The second-order valence-corrected chi connectivity index (χ2v) is 5.32. The van der Waals surface area contributed by atoms with Gasteiger partial charge in [-0.2, -0.15) is 0 Å². The van der Waals surface area contributed by atoms with Gasteiger partial charge in [0, 0.05) is 11.7 Å². The summed E-state index contributed by atoms with van der Waals surface area (Å²) in [4.78, 5) is 26.8. The van der Waals surface area contributed by atoms with Crippen LogP contribution in [0.15, 0.2) is 10.9 Å². The number of fused-ring (bicyclic) bond motifs is 1. The van der Waals surface area contributed by atoms with Crippen molar-refractivity contribution in [1.29, 1.82) is 0 Å². The Kier molecular flexibility index (Phi) is 2.94. The second-order valence-electron chi connectivity index (χ2n) is 5.32. The maximum Gasteiger partial charge on any atom is 0.261 e. The van der Waals surface area contributed by atoms with Crippen LogP contribution in [-0.2, 0) is 12.8 Å². The lowest BCUT2D eigenvalue weighted by Gasteiger charge is -2.12. The lowest BCUT2D eigenvalue weighted by molar-refractivity contribution is 0.0936. The van der Waals surface area contributed by atoms with Gasteiger partial charge in [-0.3, -0.25) is 9.59 Å². The highest BCUT2D eigenvalue weighted by Crippen LogP contribution is 2.20. The zero-order valence-corrected chi connectivity index (χ0v) is 10.4. The summed E-state index contributed by atoms with van der Waals surface area (Å²) in [6.45, 7) is 0. The van der Waals surface area contributed by atoms with Gasteiger partial charge in [0.2, 0.25) is 0 Å². The van der Waals surface area contributed by atoms with Gasteiger partial charge >= 0.3 is 0 Å². The predicted molar refractivity (Wildman–Crippen MR) is 68.8 cm³/mol. The van der Waals surface area contributed by atoms with E-state index in [4.69, 9.17) is 0 Å². The summed E-state index contributed by atoms with van der Waals surface area (Å²) in [6.07, 6.45) is 7.38. The molecule has 0 radical (unpaired) electrons. The molecule has 1 amide bonds. The van der Waals surface area contributed by atoms with E-state index in [0.717, 1.165) is 43.4 Å². The molecule has 0 unspecified atom stereocenters. The molecule has 0 atom stereocenters. The summed E-state index contributed by atoms with van der Waals surface area (Å²) in [5, 5.41) is 2.97. The third kappa shape index (κ3) is 2.07. The van der Waals surface area contributed by atoms with Crippen LogP contribution in [0.25, 0.3) is 0 Å². The van der Waals surface area contributed by atoms with Gasteiger partial charge in [0.1, 0.15) is 5.56 Å². The molecule has 0 aliphatic heterocycles. The molecule has 1 aromatic heterocycles. The number of amides is 1. The van der Waals surface area contributed by atoms with Crippen molar-refractivity contribution in [2.75, 3.05) is 0 Å². The van der Waals surface area contributed by atoms with Gasteiger partial charge in [-0.1, -0.05) is 12.8 Å². The van der Waals surface area contributed by atoms with Crippen LogP contribution in [0.5, 0.6) is 0 Å². The van der Waals surface area contributed by atoms with Crippen LogP contribution in [0.4, 0.5) is 0 Å². The zero-order chi connectivity index (χ0) is 12.5. The normalized spacial score (nSPS) is 18.9. The number of aromatic nitrogens is 1. The molecule has 4 heteroatoms. The maximum atomic E-state index is 12.1. The lowest BCUT2D eigenvalue weighted by Crippen LogP contribution is -2.36. The molecule has 3 rings (SSSR count). The lowest BCUT2D eigenvalue weighted by atomic mass is 10.1. The maximum absolute atomic E-state index is 12.1. The summed E-state index contributed by atoms with van der Waals surface area (Å²) >= 11 is 0. The van der Waals surface area contributed by atoms with Gasteiger partial charge < -0.3 is 10.3 Å². The molecule has 2 aliphatic carbocycles. The van der Waals surface area contributed by atoms with Crippen molar-refractivity contribution in [2.24, 2.45) is 0 Å². The van der Waals surface area contributed by atoms with Crippen molar-refractivity contribution in [1.82, 2.24) is 10.3 Å². The SMILES string of the molecule is O=C(NC1CCCC1)c1cc2c([nH]c1=O)CCC2. The highest BCUT2D eigenvalue weighted by molar-refractivity contribution is 5.94. The molecule has 18 heavy (non-hydrogen) atoms. The van der Waals surface area contributed by atoms with E-state index in [-0.39, 0.29) is 23.1 Å². The second kappa shape index (κ2) is 4.59. The Morgan fingerprint density at radius 2 is 2.00 bits per heavy atom. The number of carbonyl (C=O) groups excluding carboxylic acids is 1. The molecule has 1 fully saturated rings. The molecule has 2 N–H and O–H groups in total. The molecule has 2 aliphatic rings. The Morgan fingerprint density at radius 3 is 2.78 bits per heavy atom. The summed E-state index contributed by atoms with van der Waals surface area (Å²) in [5.41, 5.74) is 2.18. The number of carbonyl (C=O) groups is 1. The molecular formula is C14H18N2O2. The largest absolute Gasteiger partial charge is 0.349 e. The molecular weight excluding hydrogens is 228 g/mol. The topological polar surface area (TPSA) is 62.0 Å². The molecule has 4 nitrogen and oxygen atoms in total. The van der Waals surface area contributed by atoms with Crippen molar-refractivity contribution >= 4 is 5.91 Å². The third-order valence-corrected chi connectivity index (χ3v) is 4.02. The predicted octanol–water partition coefficient (Wildman–Crippen LogP) is 1.54. The molecule has 0 spiro atoms. The van der Waals surface area contributed by atoms with E-state index in [1.807, 2.05) is 0 Å². The van der Waals surface area contributed by atoms with Gasteiger partial charge in [-0.15, -0.1) is 0 Å². The van der Waals surface area contributed by atoms with Crippen molar-refractivity contribution in [2.45, 2.75) is 51.0 Å². The van der Waals surface area contributed by atoms with Crippen molar-refractivity contribution in [3.8, 4) is 0 Å². The fourth-order valence-electron chi connectivity index (χ4n) is 3.02. The summed E-state index contributed by atoms with van der Waals surface area (Å²) in [7, 11) is 0. The highest BCUT2D eigenvalue weighted by atomic mass is 16.2. The number of hydrogen-bond acceptors (Lipinski definition) is 2. The number of pyridine rings is 1. The van der Waals surface area contributed by atoms with E-state index in [2.05, 4.69) is 10.3 Å². The number of rotatable bonds is 2. The average molecular weight is 246 g/mol. The minimum absolute atomic E-state index is 0.210. The molecule has 1 aromatic rings. The van der Waals surface area contributed by atoms with E-state index in [0.29, 0.717) is 0 Å². The molecule has 96 valence electrons. The Morgan fingerprint density at radius 1 is 1.22 bits per heavy atom. The van der Waals surface area contributed by atoms with E-state index < -0.39 is 0 Å². The van der Waals surface area contributed by atoms with Gasteiger partial charge in [-0.25, -0.2) is 0 Å². The van der Waals surface area contributed by atoms with Gasteiger partial charge in [0.15, 0.2) is 0 Å². The number of hydrogen-bond donors (Lipinski definition) is 2. The smallest absolute Gasteiger partial charge is 0.261 e. The summed E-state index contributed by atoms with van der Waals surface area (Å²) in [6, 6.07) is 2.04. The number of aromatic amines is 1. The molecule has 1 heterocycles. The Labute approximate surface area is 106 Å². The minimum Gasteiger partial charge on any atom is -0.349 e. The van der Waals surface area contributed by atoms with Gasteiger partial charge in [0.25, 0.3) is 11.5 Å². The number of H-pyrrole nitrogens is 1. The first-order valence-electron chi connectivity index (χ1n) is 6.80. The van der Waals surface area contributed by atoms with Crippen LogP contribution in [-0.4, -0.2) is 16.9 Å².